The highest BCUT2D eigenvalue weighted by Gasteiger charge is 2.10. The second-order valence-corrected chi connectivity index (χ2v) is 4.72. The normalized spacial score (nSPS) is 12.1. The van der Waals surface area contributed by atoms with Crippen molar-refractivity contribution in [3.63, 3.8) is 0 Å². The molecule has 0 saturated carbocycles. The van der Waals surface area contributed by atoms with Crippen LogP contribution in [0.2, 0.25) is 0 Å². The highest BCUT2D eigenvalue weighted by Crippen LogP contribution is 2.29. The minimum absolute atomic E-state index is 0.158. The SMILES string of the molecule is CCOc1cc(CC(N)CC)ccc1OCc1ncon1. The van der Waals surface area contributed by atoms with Gasteiger partial charge in [0.1, 0.15) is 0 Å². The van der Waals surface area contributed by atoms with E-state index in [1.807, 2.05) is 25.1 Å². The van der Waals surface area contributed by atoms with Crippen LogP contribution in [0.4, 0.5) is 0 Å². The quantitative estimate of drug-likeness (QED) is 0.803. The Morgan fingerprint density at radius 1 is 1.24 bits per heavy atom. The molecule has 0 amide bonds. The molecule has 0 aliphatic heterocycles. The zero-order valence-corrected chi connectivity index (χ0v) is 12.4. The van der Waals surface area contributed by atoms with Gasteiger partial charge in [-0.3, -0.25) is 0 Å². The molecule has 2 rings (SSSR count). The molecule has 1 heterocycles. The number of hydrogen-bond acceptors (Lipinski definition) is 6. The predicted octanol–water partition coefficient (Wildman–Crippen LogP) is 2.33. The number of benzene rings is 1. The van der Waals surface area contributed by atoms with Crippen LogP contribution >= 0.6 is 0 Å². The summed E-state index contributed by atoms with van der Waals surface area (Å²) < 4.78 is 16.0. The average Bonchev–Trinajstić information content (AvgIpc) is 3.00. The molecular weight excluding hydrogens is 270 g/mol. The van der Waals surface area contributed by atoms with Crippen LogP contribution in [0.5, 0.6) is 11.5 Å². The molecule has 0 aliphatic rings. The van der Waals surface area contributed by atoms with Gasteiger partial charge in [0.05, 0.1) is 6.61 Å². The van der Waals surface area contributed by atoms with Gasteiger partial charge in [-0.25, -0.2) is 0 Å². The van der Waals surface area contributed by atoms with Crippen molar-refractivity contribution in [1.82, 2.24) is 10.1 Å². The fourth-order valence-electron chi connectivity index (χ4n) is 1.91. The summed E-state index contributed by atoms with van der Waals surface area (Å²) in [6, 6.07) is 6.03. The zero-order chi connectivity index (χ0) is 15.1. The minimum atomic E-state index is 0.158. The van der Waals surface area contributed by atoms with E-state index in [0.717, 1.165) is 18.4 Å². The highest BCUT2D eigenvalue weighted by atomic mass is 16.5. The smallest absolute Gasteiger partial charge is 0.213 e. The topological polar surface area (TPSA) is 83.4 Å². The van der Waals surface area contributed by atoms with Gasteiger partial charge in [0.15, 0.2) is 18.1 Å². The Kier molecular flexibility index (Phi) is 5.57. The third kappa shape index (κ3) is 4.46. The van der Waals surface area contributed by atoms with Gasteiger partial charge in [-0.15, -0.1) is 0 Å². The van der Waals surface area contributed by atoms with Crippen molar-refractivity contribution in [3.8, 4) is 11.5 Å². The summed E-state index contributed by atoms with van der Waals surface area (Å²) in [5.74, 6) is 1.87. The van der Waals surface area contributed by atoms with Gasteiger partial charge in [0.25, 0.3) is 0 Å². The van der Waals surface area contributed by atoms with Crippen molar-refractivity contribution in [1.29, 1.82) is 0 Å². The van der Waals surface area contributed by atoms with E-state index in [2.05, 4.69) is 21.6 Å². The maximum atomic E-state index is 5.99. The van der Waals surface area contributed by atoms with Crippen molar-refractivity contribution in [2.24, 2.45) is 5.73 Å². The molecule has 1 aromatic carbocycles. The Hall–Kier alpha value is -2.08. The lowest BCUT2D eigenvalue weighted by molar-refractivity contribution is 0.258. The standard InChI is InChI=1S/C15H21N3O3/c1-3-12(16)7-11-5-6-13(14(8-11)19-4-2)20-9-15-17-10-21-18-15/h5-6,8,10,12H,3-4,7,9,16H2,1-2H3. The van der Waals surface area contributed by atoms with Gasteiger partial charge in [-0.05, 0) is 37.5 Å². The van der Waals surface area contributed by atoms with Crippen LogP contribution in [-0.2, 0) is 13.0 Å². The summed E-state index contributed by atoms with van der Waals surface area (Å²) in [7, 11) is 0. The molecule has 1 aromatic heterocycles. The molecule has 114 valence electrons. The van der Waals surface area contributed by atoms with Gasteiger partial charge in [-0.2, -0.15) is 4.98 Å². The minimum Gasteiger partial charge on any atom is -0.490 e. The summed E-state index contributed by atoms with van der Waals surface area (Å²) >= 11 is 0. The number of rotatable bonds is 8. The van der Waals surface area contributed by atoms with E-state index in [-0.39, 0.29) is 12.6 Å². The number of nitrogens with two attached hydrogens (primary N) is 1. The van der Waals surface area contributed by atoms with E-state index in [4.69, 9.17) is 15.2 Å². The third-order valence-electron chi connectivity index (χ3n) is 3.09. The highest BCUT2D eigenvalue weighted by molar-refractivity contribution is 5.43. The van der Waals surface area contributed by atoms with Crippen molar-refractivity contribution >= 4 is 0 Å². The molecule has 2 aromatic rings. The number of hydrogen-bond donors (Lipinski definition) is 1. The molecule has 6 heteroatoms. The summed E-state index contributed by atoms with van der Waals surface area (Å²) in [6.45, 7) is 4.83. The molecule has 0 bridgehead atoms. The third-order valence-corrected chi connectivity index (χ3v) is 3.09. The first-order valence-electron chi connectivity index (χ1n) is 7.12. The van der Waals surface area contributed by atoms with E-state index in [0.29, 0.717) is 23.9 Å². The number of aromatic nitrogens is 2. The second kappa shape index (κ2) is 7.64. The summed E-state index contributed by atoms with van der Waals surface area (Å²) in [4.78, 5) is 3.91. The fourth-order valence-corrected chi connectivity index (χ4v) is 1.91. The maximum absolute atomic E-state index is 5.99. The van der Waals surface area contributed by atoms with Gasteiger partial charge in [0, 0.05) is 6.04 Å². The van der Waals surface area contributed by atoms with Gasteiger partial charge >= 0.3 is 0 Å². The first-order valence-corrected chi connectivity index (χ1v) is 7.12. The molecular formula is C15H21N3O3. The van der Waals surface area contributed by atoms with E-state index in [9.17, 15) is 0 Å². The van der Waals surface area contributed by atoms with Crippen LogP contribution in [0, 0.1) is 0 Å². The largest absolute Gasteiger partial charge is 0.490 e. The van der Waals surface area contributed by atoms with Gasteiger partial charge in [0.2, 0.25) is 12.2 Å². The van der Waals surface area contributed by atoms with Crippen molar-refractivity contribution in [3.05, 3.63) is 36.0 Å². The lowest BCUT2D eigenvalue weighted by atomic mass is 10.0. The van der Waals surface area contributed by atoms with E-state index < -0.39 is 0 Å². The molecule has 0 fully saturated rings. The lowest BCUT2D eigenvalue weighted by Gasteiger charge is -2.14. The Morgan fingerprint density at radius 3 is 2.76 bits per heavy atom. The van der Waals surface area contributed by atoms with E-state index in [1.165, 1.54) is 6.39 Å². The summed E-state index contributed by atoms with van der Waals surface area (Å²) in [5.41, 5.74) is 7.13. The molecule has 1 unspecified atom stereocenters. The molecule has 21 heavy (non-hydrogen) atoms. The van der Waals surface area contributed by atoms with Crippen LogP contribution in [0.25, 0.3) is 0 Å². The van der Waals surface area contributed by atoms with E-state index >= 15 is 0 Å². The Morgan fingerprint density at radius 2 is 2.10 bits per heavy atom. The van der Waals surface area contributed by atoms with Crippen LogP contribution in [-0.4, -0.2) is 22.8 Å². The summed E-state index contributed by atoms with van der Waals surface area (Å²) in [5, 5.41) is 3.71. The van der Waals surface area contributed by atoms with Gasteiger partial charge < -0.3 is 19.7 Å². The molecule has 0 aliphatic carbocycles. The average molecular weight is 291 g/mol. The molecule has 0 spiro atoms. The molecule has 2 N–H and O–H groups in total. The Labute approximate surface area is 124 Å². The molecule has 0 saturated heterocycles. The Bertz CT molecular complexity index is 543. The van der Waals surface area contributed by atoms with Crippen LogP contribution in [0.1, 0.15) is 31.7 Å². The first kappa shape index (κ1) is 15.3. The van der Waals surface area contributed by atoms with Crippen molar-refractivity contribution < 1.29 is 14.0 Å². The van der Waals surface area contributed by atoms with Crippen LogP contribution in [0.3, 0.4) is 0 Å². The van der Waals surface area contributed by atoms with Crippen molar-refractivity contribution in [2.75, 3.05) is 6.61 Å². The molecule has 1 atom stereocenters. The number of nitrogens with zero attached hydrogens (tertiary/aromatic N) is 2. The summed E-state index contributed by atoms with van der Waals surface area (Å²) in [6.07, 6.45) is 3.04. The second-order valence-electron chi connectivity index (χ2n) is 4.72. The Balaban J connectivity index is 2.08. The van der Waals surface area contributed by atoms with Crippen LogP contribution in [0.15, 0.2) is 29.1 Å². The lowest BCUT2D eigenvalue weighted by Crippen LogP contribution is -2.21. The van der Waals surface area contributed by atoms with E-state index in [1.54, 1.807) is 0 Å². The van der Waals surface area contributed by atoms with Crippen molar-refractivity contribution in [2.45, 2.75) is 39.3 Å². The molecule has 0 radical (unpaired) electrons. The zero-order valence-electron chi connectivity index (χ0n) is 12.4. The first-order chi connectivity index (χ1) is 10.2. The monoisotopic (exact) mass is 291 g/mol. The maximum Gasteiger partial charge on any atom is 0.213 e. The molecule has 6 nitrogen and oxygen atoms in total. The fraction of sp³-hybridized carbons (Fsp3) is 0.467. The van der Waals surface area contributed by atoms with Crippen LogP contribution < -0.4 is 15.2 Å². The van der Waals surface area contributed by atoms with Gasteiger partial charge in [-0.1, -0.05) is 18.1 Å². The number of ether oxygens (including phenoxy) is 2. The predicted molar refractivity (Wildman–Crippen MR) is 78.2 cm³/mol.